The van der Waals surface area contributed by atoms with Crippen molar-refractivity contribution in [3.8, 4) is 0 Å². The molecule has 8 heteroatoms. The van der Waals surface area contributed by atoms with Crippen LogP contribution in [0.15, 0.2) is 35.3 Å². The van der Waals surface area contributed by atoms with Gasteiger partial charge in [0.25, 0.3) is 0 Å². The third-order valence-corrected chi connectivity index (χ3v) is 5.36. The first kappa shape index (κ1) is 19.4. The maximum Gasteiger partial charge on any atom is 0.191 e. The van der Waals surface area contributed by atoms with Gasteiger partial charge in [-0.25, -0.2) is 4.99 Å². The van der Waals surface area contributed by atoms with Crippen LogP contribution in [0.2, 0.25) is 0 Å². The first-order valence-corrected chi connectivity index (χ1v) is 10.2. The highest BCUT2D eigenvalue weighted by atomic mass is 16.5. The topological polar surface area (TPSA) is 92.2 Å². The van der Waals surface area contributed by atoms with Crippen molar-refractivity contribution in [2.24, 2.45) is 12.0 Å². The number of hydrogen-bond acceptors (Lipinski definition) is 4. The molecule has 3 heterocycles. The van der Waals surface area contributed by atoms with Gasteiger partial charge in [0.05, 0.1) is 6.10 Å². The number of guanidine groups is 1. The van der Waals surface area contributed by atoms with Crippen LogP contribution in [-0.4, -0.2) is 51.5 Å². The molecule has 29 heavy (non-hydrogen) atoms. The lowest BCUT2D eigenvalue weighted by atomic mass is 10.2. The summed E-state index contributed by atoms with van der Waals surface area (Å²) in [6, 6.07) is 10.5. The minimum Gasteiger partial charge on any atom is -0.376 e. The molecule has 3 aromatic rings. The third-order valence-electron chi connectivity index (χ3n) is 5.36. The number of ether oxygens (including phenoxy) is 1. The number of benzene rings is 1. The van der Waals surface area contributed by atoms with Crippen LogP contribution in [0.5, 0.6) is 0 Å². The molecular formula is C21H29N7O. The number of aliphatic imine (C=N–C) groups is 1. The lowest BCUT2D eigenvalue weighted by molar-refractivity contribution is 0.114. The van der Waals surface area contributed by atoms with E-state index in [1.54, 1.807) is 0 Å². The van der Waals surface area contributed by atoms with Gasteiger partial charge < -0.3 is 24.9 Å². The number of para-hydroxylation sites is 1. The fourth-order valence-corrected chi connectivity index (χ4v) is 3.51. The van der Waals surface area contributed by atoms with Crippen molar-refractivity contribution in [3.05, 3.63) is 47.7 Å². The van der Waals surface area contributed by atoms with Crippen LogP contribution < -0.4 is 10.6 Å². The van der Waals surface area contributed by atoms with Crippen molar-refractivity contribution in [3.63, 3.8) is 0 Å². The lowest BCUT2D eigenvalue weighted by Gasteiger charge is -2.15. The van der Waals surface area contributed by atoms with Crippen molar-refractivity contribution in [2.75, 3.05) is 19.7 Å². The number of H-pyrrole nitrogens is 1. The van der Waals surface area contributed by atoms with Crippen molar-refractivity contribution in [1.82, 2.24) is 30.4 Å². The highest BCUT2D eigenvalue weighted by Gasteiger charge is 2.15. The predicted molar refractivity (Wildman–Crippen MR) is 114 cm³/mol. The Bertz CT molecular complexity index is 935. The second-order valence-corrected chi connectivity index (χ2v) is 7.46. The summed E-state index contributed by atoms with van der Waals surface area (Å²) in [5.74, 6) is 2.50. The number of rotatable bonds is 7. The highest BCUT2D eigenvalue weighted by Crippen LogP contribution is 2.14. The van der Waals surface area contributed by atoms with E-state index in [9.17, 15) is 0 Å². The van der Waals surface area contributed by atoms with Gasteiger partial charge in [-0.05, 0) is 37.3 Å². The Hall–Kier alpha value is -2.87. The molecule has 1 unspecified atom stereocenters. The summed E-state index contributed by atoms with van der Waals surface area (Å²) in [6.45, 7) is 4.81. The van der Waals surface area contributed by atoms with Crippen molar-refractivity contribution >= 4 is 16.9 Å². The van der Waals surface area contributed by atoms with Crippen LogP contribution >= 0.6 is 0 Å². The van der Waals surface area contributed by atoms with E-state index in [2.05, 4.69) is 56.1 Å². The predicted octanol–water partition coefficient (Wildman–Crippen LogP) is 2.06. The number of aromatic amines is 1. The molecule has 0 radical (unpaired) electrons. The van der Waals surface area contributed by atoms with Gasteiger partial charge in [-0.1, -0.05) is 18.2 Å². The molecule has 1 fully saturated rings. The van der Waals surface area contributed by atoms with Crippen LogP contribution in [0.4, 0.5) is 0 Å². The standard InChI is InChI=1S/C21H29N7O/c1-15-26-27-20(28(15)2)14-24-21(23-13-18-7-5-11-29-18)22-10-9-17-12-16-6-3-4-8-19(16)25-17/h3-4,6,8,12,18,25H,5,7,9-11,13-14H2,1-2H3,(H2,22,23,24). The summed E-state index contributed by atoms with van der Waals surface area (Å²) in [4.78, 5) is 8.18. The number of nitrogens with one attached hydrogen (secondary N) is 3. The molecule has 154 valence electrons. The zero-order valence-electron chi connectivity index (χ0n) is 17.1. The van der Waals surface area contributed by atoms with Gasteiger partial charge in [-0.15, -0.1) is 10.2 Å². The summed E-state index contributed by atoms with van der Waals surface area (Å²) in [6.07, 6.45) is 3.37. The molecular weight excluding hydrogens is 366 g/mol. The molecule has 1 atom stereocenters. The second-order valence-electron chi connectivity index (χ2n) is 7.46. The fraction of sp³-hybridized carbons (Fsp3) is 0.476. The average molecular weight is 396 g/mol. The van der Waals surface area contributed by atoms with E-state index in [4.69, 9.17) is 9.73 Å². The molecule has 4 rings (SSSR count). The van der Waals surface area contributed by atoms with E-state index in [0.29, 0.717) is 6.54 Å². The highest BCUT2D eigenvalue weighted by molar-refractivity contribution is 5.81. The van der Waals surface area contributed by atoms with Crippen LogP contribution in [-0.2, 0) is 24.8 Å². The van der Waals surface area contributed by atoms with E-state index < -0.39 is 0 Å². The van der Waals surface area contributed by atoms with E-state index in [1.165, 1.54) is 16.6 Å². The summed E-state index contributed by atoms with van der Waals surface area (Å²) >= 11 is 0. The van der Waals surface area contributed by atoms with Gasteiger partial charge >= 0.3 is 0 Å². The Kier molecular flexibility index (Phi) is 6.09. The summed E-state index contributed by atoms with van der Waals surface area (Å²) < 4.78 is 7.68. The number of fused-ring (bicyclic) bond motifs is 1. The molecule has 3 N–H and O–H groups in total. The molecule has 8 nitrogen and oxygen atoms in total. The summed E-state index contributed by atoms with van der Waals surface area (Å²) in [5, 5.41) is 16.4. The summed E-state index contributed by atoms with van der Waals surface area (Å²) in [7, 11) is 1.96. The van der Waals surface area contributed by atoms with Crippen molar-refractivity contribution < 1.29 is 4.74 Å². The Labute approximate surface area is 170 Å². The number of nitrogens with zero attached hydrogens (tertiary/aromatic N) is 4. The largest absolute Gasteiger partial charge is 0.376 e. The Morgan fingerprint density at radius 1 is 1.31 bits per heavy atom. The quantitative estimate of drug-likeness (QED) is 0.421. The van der Waals surface area contributed by atoms with Crippen LogP contribution in [0.1, 0.15) is 30.2 Å². The molecule has 1 aromatic carbocycles. The van der Waals surface area contributed by atoms with Crippen molar-refractivity contribution in [1.29, 1.82) is 0 Å². The lowest BCUT2D eigenvalue weighted by Crippen LogP contribution is -2.42. The maximum absolute atomic E-state index is 5.72. The average Bonchev–Trinajstić information content (AvgIpc) is 3.45. The zero-order chi connectivity index (χ0) is 20.1. The van der Waals surface area contributed by atoms with Gasteiger partial charge in [0, 0.05) is 44.4 Å². The minimum atomic E-state index is 0.257. The van der Waals surface area contributed by atoms with E-state index in [1.807, 2.05) is 18.5 Å². The maximum atomic E-state index is 5.72. The van der Waals surface area contributed by atoms with Crippen LogP contribution in [0, 0.1) is 6.92 Å². The molecule has 0 aliphatic carbocycles. The Morgan fingerprint density at radius 2 is 2.21 bits per heavy atom. The first-order chi connectivity index (χ1) is 14.2. The van der Waals surface area contributed by atoms with Gasteiger partial charge in [0.1, 0.15) is 12.4 Å². The zero-order valence-corrected chi connectivity index (χ0v) is 17.1. The minimum absolute atomic E-state index is 0.257. The fourth-order valence-electron chi connectivity index (χ4n) is 3.51. The third kappa shape index (κ3) is 4.95. The van der Waals surface area contributed by atoms with Gasteiger partial charge in [-0.2, -0.15) is 0 Å². The van der Waals surface area contributed by atoms with Gasteiger partial charge in [0.15, 0.2) is 11.8 Å². The molecule has 0 bridgehead atoms. The molecule has 0 amide bonds. The molecule has 0 saturated carbocycles. The van der Waals surface area contributed by atoms with Crippen molar-refractivity contribution in [2.45, 2.75) is 38.8 Å². The monoisotopic (exact) mass is 395 g/mol. The normalized spacial score (nSPS) is 17.2. The molecule has 1 aliphatic heterocycles. The smallest absolute Gasteiger partial charge is 0.191 e. The van der Waals surface area contributed by atoms with Gasteiger partial charge in [-0.3, -0.25) is 0 Å². The van der Waals surface area contributed by atoms with Gasteiger partial charge in [0.2, 0.25) is 0 Å². The first-order valence-electron chi connectivity index (χ1n) is 10.2. The van der Waals surface area contributed by atoms with E-state index in [0.717, 1.165) is 56.6 Å². The SMILES string of the molecule is Cc1nnc(CN=C(NCCc2cc3ccccc3[nH]2)NCC2CCCO2)n1C. The Balaban J connectivity index is 1.36. The number of hydrogen-bond donors (Lipinski definition) is 3. The number of aromatic nitrogens is 4. The van der Waals surface area contributed by atoms with E-state index in [-0.39, 0.29) is 6.10 Å². The second kappa shape index (κ2) is 9.09. The molecule has 1 aliphatic rings. The Morgan fingerprint density at radius 3 is 2.97 bits per heavy atom. The van der Waals surface area contributed by atoms with E-state index >= 15 is 0 Å². The molecule has 0 spiro atoms. The van der Waals surface area contributed by atoms with Crippen LogP contribution in [0.3, 0.4) is 0 Å². The molecule has 1 saturated heterocycles. The van der Waals surface area contributed by atoms with Crippen LogP contribution in [0.25, 0.3) is 10.9 Å². The molecule has 2 aromatic heterocycles. The summed E-state index contributed by atoms with van der Waals surface area (Å²) in [5.41, 5.74) is 2.38. The number of aryl methyl sites for hydroxylation is 1.